The second-order valence-corrected chi connectivity index (χ2v) is 10.6. The van der Waals surface area contributed by atoms with Crippen LogP contribution >= 0.6 is 0 Å². The van der Waals surface area contributed by atoms with Gasteiger partial charge >= 0.3 is 0 Å². The largest absolute Gasteiger partial charge is 0.356 e. The Bertz CT molecular complexity index is 1370. The molecule has 0 saturated heterocycles. The minimum absolute atomic E-state index is 0.0932. The summed E-state index contributed by atoms with van der Waals surface area (Å²) in [7, 11) is -1.45. The summed E-state index contributed by atoms with van der Waals surface area (Å²) in [5.74, 6) is -0.522. The van der Waals surface area contributed by atoms with Gasteiger partial charge in [-0.2, -0.15) is 5.26 Å². The van der Waals surface area contributed by atoms with Crippen LogP contribution in [0.25, 0.3) is 22.2 Å². The van der Waals surface area contributed by atoms with E-state index in [4.69, 9.17) is 4.52 Å². The van der Waals surface area contributed by atoms with Crippen molar-refractivity contribution in [3.8, 4) is 17.3 Å². The Kier molecular flexibility index (Phi) is 6.36. The van der Waals surface area contributed by atoms with Crippen molar-refractivity contribution in [2.75, 3.05) is 0 Å². The average Bonchev–Trinajstić information content (AvgIpc) is 3.23. The third kappa shape index (κ3) is 4.85. The summed E-state index contributed by atoms with van der Waals surface area (Å²) in [6, 6.07) is 19.0. The van der Waals surface area contributed by atoms with Gasteiger partial charge in [0, 0.05) is 17.4 Å². The summed E-state index contributed by atoms with van der Waals surface area (Å²) in [6.45, 7) is 5.58. The van der Waals surface area contributed by atoms with Crippen molar-refractivity contribution < 1.29 is 13.1 Å². The molecule has 0 aliphatic rings. The molecule has 2 atom stereocenters. The van der Waals surface area contributed by atoms with Crippen LogP contribution in [-0.2, 0) is 17.4 Å². The first-order valence-corrected chi connectivity index (χ1v) is 11.6. The molecule has 168 valence electrons. The van der Waals surface area contributed by atoms with E-state index in [-0.39, 0.29) is 17.8 Å². The fourth-order valence-electron chi connectivity index (χ4n) is 3.50. The zero-order chi connectivity index (χ0) is 23.6. The van der Waals surface area contributed by atoms with Gasteiger partial charge in [-0.15, -0.1) is 0 Å². The number of halogens is 1. The molecule has 2 aromatic heterocycles. The third-order valence-corrected chi connectivity index (χ3v) is 6.82. The Morgan fingerprint density at radius 3 is 2.61 bits per heavy atom. The maximum atomic E-state index is 14.6. The van der Waals surface area contributed by atoms with Gasteiger partial charge in [-0.3, -0.25) is 0 Å². The normalized spacial score (nSPS) is 13.5. The Morgan fingerprint density at radius 1 is 1.12 bits per heavy atom. The molecule has 8 heteroatoms. The molecule has 0 radical (unpaired) electrons. The van der Waals surface area contributed by atoms with E-state index < -0.39 is 27.6 Å². The highest BCUT2D eigenvalue weighted by atomic mass is 32.2. The second kappa shape index (κ2) is 9.22. The van der Waals surface area contributed by atoms with Gasteiger partial charge in [0.25, 0.3) is 0 Å². The Balaban J connectivity index is 1.83. The smallest absolute Gasteiger partial charge is 0.167 e. The number of para-hydroxylation sites is 1. The van der Waals surface area contributed by atoms with Gasteiger partial charge in [-0.1, -0.05) is 41.6 Å². The second-order valence-electron chi connectivity index (χ2n) is 8.61. The standard InChI is InChI=1S/C25H23FN4O2S/c1-25(2,3)33(31)30-21(14-22-20(26)13-12-16(15-27)28-22)17-8-4-5-9-18(17)24-19-10-6-7-11-23(19)32-29-24/h4-13,21,30H,14H2,1-3H3/t21-,33-/m0/s1. The summed E-state index contributed by atoms with van der Waals surface area (Å²) in [5, 5.41) is 14.3. The Hall–Kier alpha value is -3.41. The van der Waals surface area contributed by atoms with Crippen LogP contribution in [0.5, 0.6) is 0 Å². The lowest BCUT2D eigenvalue weighted by Gasteiger charge is -2.26. The van der Waals surface area contributed by atoms with Crippen LogP contribution in [0.3, 0.4) is 0 Å². The van der Waals surface area contributed by atoms with Gasteiger partial charge in [0.05, 0.1) is 27.5 Å². The topological polar surface area (TPSA) is 91.8 Å². The highest BCUT2D eigenvalue weighted by Gasteiger charge is 2.27. The van der Waals surface area contributed by atoms with Crippen LogP contribution in [0.1, 0.15) is 43.8 Å². The predicted octanol–water partition coefficient (Wildman–Crippen LogP) is 5.24. The van der Waals surface area contributed by atoms with E-state index in [1.54, 1.807) is 0 Å². The van der Waals surface area contributed by atoms with E-state index >= 15 is 0 Å². The van der Waals surface area contributed by atoms with Crippen LogP contribution < -0.4 is 4.72 Å². The lowest BCUT2D eigenvalue weighted by Crippen LogP contribution is -2.37. The van der Waals surface area contributed by atoms with Crippen LogP contribution in [0.15, 0.2) is 65.2 Å². The van der Waals surface area contributed by atoms with Crippen LogP contribution in [0.4, 0.5) is 4.39 Å². The number of aromatic nitrogens is 2. The zero-order valence-electron chi connectivity index (χ0n) is 18.5. The maximum absolute atomic E-state index is 14.6. The molecule has 0 aliphatic heterocycles. The number of nitrogens with one attached hydrogen (secondary N) is 1. The highest BCUT2D eigenvalue weighted by molar-refractivity contribution is 7.84. The maximum Gasteiger partial charge on any atom is 0.167 e. The monoisotopic (exact) mass is 462 g/mol. The molecular weight excluding hydrogens is 439 g/mol. The molecule has 0 spiro atoms. The van der Waals surface area contributed by atoms with Crippen molar-refractivity contribution in [1.82, 2.24) is 14.9 Å². The first kappa shape index (κ1) is 22.8. The highest BCUT2D eigenvalue weighted by Crippen LogP contribution is 2.34. The Morgan fingerprint density at radius 2 is 1.85 bits per heavy atom. The van der Waals surface area contributed by atoms with E-state index in [1.165, 1.54) is 12.1 Å². The van der Waals surface area contributed by atoms with Gasteiger partial charge in [0.1, 0.15) is 23.3 Å². The van der Waals surface area contributed by atoms with Crippen molar-refractivity contribution in [2.24, 2.45) is 0 Å². The summed E-state index contributed by atoms with van der Waals surface area (Å²) in [4.78, 5) is 4.16. The number of nitriles is 1. The number of hydrogen-bond acceptors (Lipinski definition) is 5. The molecule has 2 heterocycles. The molecule has 0 amide bonds. The number of hydrogen-bond donors (Lipinski definition) is 1. The van der Waals surface area contributed by atoms with Gasteiger partial charge in [-0.25, -0.2) is 18.3 Å². The van der Waals surface area contributed by atoms with Crippen LogP contribution in [-0.4, -0.2) is 19.1 Å². The molecule has 33 heavy (non-hydrogen) atoms. The molecule has 2 aromatic carbocycles. The Labute approximate surface area is 194 Å². The van der Waals surface area contributed by atoms with Gasteiger partial charge < -0.3 is 4.52 Å². The van der Waals surface area contributed by atoms with Crippen molar-refractivity contribution in [1.29, 1.82) is 5.26 Å². The van der Waals surface area contributed by atoms with Gasteiger partial charge in [0.2, 0.25) is 0 Å². The molecule has 0 fully saturated rings. The molecule has 0 unspecified atom stereocenters. The fourth-order valence-corrected chi connectivity index (χ4v) is 4.32. The molecule has 6 nitrogen and oxygen atoms in total. The summed E-state index contributed by atoms with van der Waals surface area (Å²) >= 11 is 0. The molecular formula is C25H23FN4O2S. The predicted molar refractivity (Wildman–Crippen MR) is 126 cm³/mol. The van der Waals surface area contributed by atoms with Crippen molar-refractivity contribution in [2.45, 2.75) is 38.0 Å². The minimum Gasteiger partial charge on any atom is -0.356 e. The van der Waals surface area contributed by atoms with E-state index in [0.717, 1.165) is 16.5 Å². The lowest BCUT2D eigenvalue weighted by molar-refractivity contribution is 0.459. The number of nitrogens with zero attached hydrogens (tertiary/aromatic N) is 3. The van der Waals surface area contributed by atoms with Crippen molar-refractivity contribution in [3.05, 3.63) is 83.4 Å². The average molecular weight is 463 g/mol. The van der Waals surface area contributed by atoms with E-state index in [2.05, 4.69) is 14.9 Å². The SMILES string of the molecule is CC(C)(C)[S@](=O)N[C@@H](Cc1nc(C#N)ccc1F)c1ccccc1-c1noc2ccccc12. The number of rotatable bonds is 6. The molecule has 0 saturated carbocycles. The van der Waals surface area contributed by atoms with Gasteiger partial charge in [-0.05, 0) is 50.6 Å². The number of benzene rings is 2. The molecule has 4 rings (SSSR count). The number of fused-ring (bicyclic) bond motifs is 1. The van der Waals surface area contributed by atoms with Crippen molar-refractivity contribution >= 4 is 22.0 Å². The van der Waals surface area contributed by atoms with Crippen molar-refractivity contribution in [3.63, 3.8) is 0 Å². The first-order chi connectivity index (χ1) is 15.8. The van der Waals surface area contributed by atoms with E-state index in [1.807, 2.05) is 75.4 Å². The zero-order valence-corrected chi connectivity index (χ0v) is 19.3. The molecule has 0 aliphatic carbocycles. The van der Waals surface area contributed by atoms with Gasteiger partial charge in [0.15, 0.2) is 5.58 Å². The van der Waals surface area contributed by atoms with E-state index in [0.29, 0.717) is 11.3 Å². The summed E-state index contributed by atoms with van der Waals surface area (Å²) < 4.78 is 35.8. The van der Waals surface area contributed by atoms with Crippen LogP contribution in [0.2, 0.25) is 0 Å². The third-order valence-electron chi connectivity index (χ3n) is 5.20. The van der Waals surface area contributed by atoms with E-state index in [9.17, 15) is 13.9 Å². The fraction of sp³-hybridized carbons (Fsp3) is 0.240. The minimum atomic E-state index is -1.45. The summed E-state index contributed by atoms with van der Waals surface area (Å²) in [5.41, 5.74) is 3.10. The summed E-state index contributed by atoms with van der Waals surface area (Å²) in [6.07, 6.45) is 0.0932. The quantitative estimate of drug-likeness (QED) is 0.423. The lowest BCUT2D eigenvalue weighted by atomic mass is 9.94. The first-order valence-electron chi connectivity index (χ1n) is 10.4. The molecule has 1 N–H and O–H groups in total. The van der Waals surface area contributed by atoms with Crippen LogP contribution in [0, 0.1) is 17.1 Å². The number of pyridine rings is 1. The molecule has 0 bridgehead atoms. The molecule has 4 aromatic rings.